The zero-order chi connectivity index (χ0) is 15.5. The maximum atomic E-state index is 12.1. The summed E-state index contributed by atoms with van der Waals surface area (Å²) in [5.41, 5.74) is -0.215. The molecule has 0 atom stereocenters. The van der Waals surface area contributed by atoms with Crippen LogP contribution in [0.2, 0.25) is 0 Å². The predicted octanol–water partition coefficient (Wildman–Crippen LogP) is 1.53. The second-order valence-electron chi connectivity index (χ2n) is 3.94. The number of nitrogens with zero attached hydrogens (tertiary/aromatic N) is 1. The molecule has 9 heteroatoms. The van der Waals surface area contributed by atoms with Crippen molar-refractivity contribution < 1.29 is 22.3 Å². The van der Waals surface area contributed by atoms with Crippen molar-refractivity contribution in [2.75, 3.05) is 0 Å². The Bertz CT molecular complexity index is 788. The van der Waals surface area contributed by atoms with E-state index in [1.54, 1.807) is 0 Å². The van der Waals surface area contributed by atoms with Gasteiger partial charge in [0.2, 0.25) is 0 Å². The monoisotopic (exact) mass is 331 g/mol. The van der Waals surface area contributed by atoms with Crippen molar-refractivity contribution in [1.29, 1.82) is 0 Å². The van der Waals surface area contributed by atoms with Crippen LogP contribution in [0, 0.1) is 10.1 Å². The molecule has 0 aliphatic carbocycles. The molecule has 2 aromatic carbocycles. The van der Waals surface area contributed by atoms with Crippen LogP contribution in [0.25, 0.3) is 0 Å². The SMILES string of the molecule is O=Cc1ccccc1S(=O)(=O)Oc1ccc([N+](=O)[O-])cc1.[NaH]. The van der Waals surface area contributed by atoms with Crippen molar-refractivity contribution in [3.05, 3.63) is 64.2 Å². The van der Waals surface area contributed by atoms with Crippen LogP contribution in [0.4, 0.5) is 5.69 Å². The molecule has 0 amide bonds. The number of rotatable bonds is 5. The Morgan fingerprint density at radius 2 is 1.64 bits per heavy atom. The van der Waals surface area contributed by atoms with Crippen LogP contribution in [0.1, 0.15) is 10.4 Å². The molecular weight excluding hydrogens is 321 g/mol. The number of hydrogen-bond acceptors (Lipinski definition) is 6. The van der Waals surface area contributed by atoms with E-state index in [4.69, 9.17) is 4.18 Å². The first-order valence-electron chi connectivity index (χ1n) is 5.67. The van der Waals surface area contributed by atoms with Crippen LogP contribution in [0.3, 0.4) is 0 Å². The third kappa shape index (κ3) is 4.14. The Balaban J connectivity index is 0.00000242. The summed E-state index contributed by atoms with van der Waals surface area (Å²) in [5.74, 6) is -0.0821. The van der Waals surface area contributed by atoms with E-state index in [9.17, 15) is 23.3 Å². The fraction of sp³-hybridized carbons (Fsp3) is 0. The topological polar surface area (TPSA) is 104 Å². The Morgan fingerprint density at radius 3 is 2.18 bits per heavy atom. The Kier molecular flexibility index (Phi) is 6.24. The minimum atomic E-state index is -4.19. The molecule has 0 saturated heterocycles. The number of carbonyl (C=O) groups excluding carboxylic acids is 1. The fourth-order valence-corrected chi connectivity index (χ4v) is 2.70. The van der Waals surface area contributed by atoms with Gasteiger partial charge in [-0.25, -0.2) is 0 Å². The molecule has 7 nitrogen and oxygen atoms in total. The van der Waals surface area contributed by atoms with Gasteiger partial charge in [0, 0.05) is 17.7 Å². The van der Waals surface area contributed by atoms with Gasteiger partial charge in [0.25, 0.3) is 5.69 Å². The van der Waals surface area contributed by atoms with E-state index in [1.165, 1.54) is 36.4 Å². The first kappa shape index (κ1) is 18.3. The summed E-state index contributed by atoms with van der Waals surface area (Å²) in [6, 6.07) is 10.1. The number of hydrogen-bond donors (Lipinski definition) is 0. The first-order chi connectivity index (χ1) is 9.94. The van der Waals surface area contributed by atoms with Crippen LogP contribution in [0.15, 0.2) is 53.4 Å². The average molecular weight is 331 g/mol. The molecule has 2 aromatic rings. The molecule has 0 aromatic heterocycles. The third-order valence-corrected chi connectivity index (χ3v) is 3.89. The zero-order valence-electron chi connectivity index (χ0n) is 10.5. The summed E-state index contributed by atoms with van der Waals surface area (Å²) in [5, 5.41) is 10.5. The normalized spacial score (nSPS) is 10.4. The molecule has 110 valence electrons. The van der Waals surface area contributed by atoms with Crippen molar-refractivity contribution in [2.24, 2.45) is 0 Å². The van der Waals surface area contributed by atoms with Crippen LogP contribution in [-0.2, 0) is 10.1 Å². The molecular formula is C13H10NNaO6S. The Labute approximate surface area is 148 Å². The van der Waals surface area contributed by atoms with Crippen molar-refractivity contribution in [1.82, 2.24) is 0 Å². The molecule has 2 rings (SSSR count). The second kappa shape index (κ2) is 7.50. The Morgan fingerprint density at radius 1 is 1.05 bits per heavy atom. The summed E-state index contributed by atoms with van der Waals surface area (Å²) >= 11 is 0. The molecule has 0 spiro atoms. The summed E-state index contributed by atoms with van der Waals surface area (Å²) in [6.45, 7) is 0. The number of non-ortho nitro benzene ring substituents is 1. The fourth-order valence-electron chi connectivity index (χ4n) is 1.60. The van der Waals surface area contributed by atoms with Gasteiger partial charge < -0.3 is 4.18 Å². The first-order valence-corrected chi connectivity index (χ1v) is 7.08. The molecule has 0 unspecified atom stereocenters. The van der Waals surface area contributed by atoms with Gasteiger partial charge in [-0.3, -0.25) is 14.9 Å². The van der Waals surface area contributed by atoms with E-state index < -0.39 is 15.0 Å². The van der Waals surface area contributed by atoms with Crippen LogP contribution < -0.4 is 4.18 Å². The predicted molar refractivity (Wildman–Crippen MR) is 79.9 cm³/mol. The quantitative estimate of drug-likeness (QED) is 0.270. The van der Waals surface area contributed by atoms with E-state index in [0.29, 0.717) is 6.29 Å². The number of aldehydes is 1. The van der Waals surface area contributed by atoms with Gasteiger partial charge in [0.1, 0.15) is 10.6 Å². The molecule has 22 heavy (non-hydrogen) atoms. The molecule has 0 radical (unpaired) electrons. The van der Waals surface area contributed by atoms with Crippen molar-refractivity contribution in [2.45, 2.75) is 4.90 Å². The van der Waals surface area contributed by atoms with E-state index >= 15 is 0 Å². The average Bonchev–Trinajstić information content (AvgIpc) is 2.47. The molecule has 0 aliphatic rings. The standard InChI is InChI=1S/C13H9NO6S.Na.H/c15-9-10-3-1-2-4-13(10)21(18,19)20-12-7-5-11(6-8-12)14(16)17;;/h1-9H;;. The van der Waals surface area contributed by atoms with Gasteiger partial charge in [-0.05, 0) is 18.2 Å². The van der Waals surface area contributed by atoms with Gasteiger partial charge in [-0.1, -0.05) is 18.2 Å². The van der Waals surface area contributed by atoms with Crippen molar-refractivity contribution in [3.63, 3.8) is 0 Å². The van der Waals surface area contributed by atoms with Crippen LogP contribution in [-0.4, -0.2) is 49.2 Å². The van der Waals surface area contributed by atoms with E-state index in [0.717, 1.165) is 12.1 Å². The van der Waals surface area contributed by atoms with Gasteiger partial charge >= 0.3 is 39.7 Å². The number of nitro benzene ring substituents is 1. The number of benzene rings is 2. The van der Waals surface area contributed by atoms with Crippen LogP contribution >= 0.6 is 0 Å². The van der Waals surface area contributed by atoms with Gasteiger partial charge in [-0.2, -0.15) is 8.42 Å². The molecule has 0 heterocycles. The molecule has 0 N–H and O–H groups in total. The maximum absolute atomic E-state index is 12.1. The zero-order valence-corrected chi connectivity index (χ0v) is 11.3. The van der Waals surface area contributed by atoms with Gasteiger partial charge in [0.15, 0.2) is 6.29 Å². The summed E-state index contributed by atoms with van der Waals surface area (Å²) in [6.07, 6.45) is 0.409. The molecule has 0 aliphatic heterocycles. The second-order valence-corrected chi connectivity index (χ2v) is 5.46. The van der Waals surface area contributed by atoms with Gasteiger partial charge in [0.05, 0.1) is 4.92 Å². The summed E-state index contributed by atoms with van der Waals surface area (Å²) in [7, 11) is -4.19. The number of carbonyl (C=O) groups is 1. The summed E-state index contributed by atoms with van der Waals surface area (Å²) < 4.78 is 29.0. The molecule has 0 bridgehead atoms. The van der Waals surface area contributed by atoms with Crippen molar-refractivity contribution in [3.8, 4) is 5.75 Å². The molecule has 0 saturated carbocycles. The number of nitro groups is 1. The Hall–Kier alpha value is -1.74. The summed E-state index contributed by atoms with van der Waals surface area (Å²) in [4.78, 5) is 20.5. The van der Waals surface area contributed by atoms with E-state index in [2.05, 4.69) is 0 Å². The van der Waals surface area contributed by atoms with E-state index in [-0.39, 0.29) is 51.5 Å². The minimum absolute atomic E-state index is 0. The van der Waals surface area contributed by atoms with E-state index in [1.807, 2.05) is 0 Å². The van der Waals surface area contributed by atoms with Crippen LogP contribution in [0.5, 0.6) is 5.75 Å². The molecule has 0 fully saturated rings. The third-order valence-electron chi connectivity index (χ3n) is 2.57. The van der Waals surface area contributed by atoms with Gasteiger partial charge in [-0.15, -0.1) is 0 Å². The van der Waals surface area contributed by atoms with Crippen molar-refractivity contribution >= 4 is 51.6 Å².